The molecule has 144 valence electrons. The lowest BCUT2D eigenvalue weighted by molar-refractivity contribution is -0.135. The minimum atomic E-state index is 0.0959. The van der Waals surface area contributed by atoms with E-state index in [0.717, 1.165) is 56.3 Å². The Morgan fingerprint density at radius 1 is 1.07 bits per heavy atom. The molecule has 2 saturated heterocycles. The van der Waals surface area contributed by atoms with Crippen LogP contribution in [0.4, 0.5) is 5.82 Å². The number of pyridine rings is 1. The average Bonchev–Trinajstić information content (AvgIpc) is 3.24. The van der Waals surface area contributed by atoms with Gasteiger partial charge in [-0.2, -0.15) is 5.26 Å². The van der Waals surface area contributed by atoms with Gasteiger partial charge < -0.3 is 9.80 Å². The van der Waals surface area contributed by atoms with E-state index in [2.05, 4.69) is 28.1 Å². The molecule has 2 aliphatic rings. The maximum atomic E-state index is 13.0. The van der Waals surface area contributed by atoms with E-state index in [0.29, 0.717) is 17.4 Å². The number of hydrogen-bond acceptors (Lipinski definition) is 4. The van der Waals surface area contributed by atoms with Crippen LogP contribution < -0.4 is 4.90 Å². The summed E-state index contributed by atoms with van der Waals surface area (Å²) >= 11 is 5.98. The molecule has 1 unspecified atom stereocenters. The van der Waals surface area contributed by atoms with Crippen molar-refractivity contribution in [2.75, 3.05) is 31.1 Å². The minimum Gasteiger partial charge on any atom is -0.357 e. The first-order chi connectivity index (χ1) is 13.6. The Kier molecular flexibility index (Phi) is 5.50. The molecule has 0 aliphatic carbocycles. The van der Waals surface area contributed by atoms with E-state index in [9.17, 15) is 4.79 Å². The molecule has 4 rings (SSSR count). The highest BCUT2D eigenvalue weighted by molar-refractivity contribution is 6.30. The number of aromatic nitrogens is 1. The second kappa shape index (κ2) is 8.20. The number of amides is 1. The summed E-state index contributed by atoms with van der Waals surface area (Å²) < 4.78 is 0. The molecule has 2 fully saturated rings. The zero-order valence-electron chi connectivity index (χ0n) is 15.7. The number of hydrogen-bond donors (Lipinski definition) is 0. The quantitative estimate of drug-likeness (QED) is 0.793. The van der Waals surface area contributed by atoms with Crippen LogP contribution in [0, 0.1) is 17.2 Å². The zero-order chi connectivity index (χ0) is 19.5. The SMILES string of the molecule is N#Cc1ccc(N2CCC(C(=O)N3CCC(c4ccc(Cl)cc4)C3)CC2)nc1. The van der Waals surface area contributed by atoms with Gasteiger partial charge >= 0.3 is 0 Å². The van der Waals surface area contributed by atoms with Crippen LogP contribution in [0.5, 0.6) is 0 Å². The first-order valence-corrected chi connectivity index (χ1v) is 10.2. The molecule has 1 aromatic carbocycles. The number of halogens is 1. The molecule has 0 bridgehead atoms. The van der Waals surface area contributed by atoms with Crippen molar-refractivity contribution in [2.24, 2.45) is 5.92 Å². The Morgan fingerprint density at radius 3 is 2.46 bits per heavy atom. The van der Waals surface area contributed by atoms with Crippen molar-refractivity contribution in [2.45, 2.75) is 25.2 Å². The number of carbonyl (C=O) groups is 1. The summed E-state index contributed by atoms with van der Waals surface area (Å²) in [6.45, 7) is 3.29. The average molecular weight is 395 g/mol. The van der Waals surface area contributed by atoms with Crippen LogP contribution in [0.25, 0.3) is 0 Å². The lowest BCUT2D eigenvalue weighted by atomic mass is 9.95. The first kappa shape index (κ1) is 18.8. The molecular weight excluding hydrogens is 372 g/mol. The van der Waals surface area contributed by atoms with E-state index in [-0.39, 0.29) is 5.92 Å². The van der Waals surface area contributed by atoms with E-state index in [4.69, 9.17) is 16.9 Å². The summed E-state index contributed by atoms with van der Waals surface area (Å²) in [6.07, 6.45) is 4.32. The maximum absolute atomic E-state index is 13.0. The second-order valence-corrected chi connectivity index (χ2v) is 8.04. The van der Waals surface area contributed by atoms with Gasteiger partial charge in [0.15, 0.2) is 0 Å². The lowest BCUT2D eigenvalue weighted by Gasteiger charge is -2.34. The van der Waals surface area contributed by atoms with Crippen molar-refractivity contribution in [1.82, 2.24) is 9.88 Å². The normalized spacial score (nSPS) is 20.2. The topological polar surface area (TPSA) is 60.2 Å². The molecular formula is C22H23ClN4O. The molecule has 5 nitrogen and oxygen atoms in total. The molecule has 6 heteroatoms. The summed E-state index contributed by atoms with van der Waals surface area (Å²) in [5.41, 5.74) is 1.83. The monoisotopic (exact) mass is 394 g/mol. The number of carbonyl (C=O) groups excluding carboxylic acids is 1. The van der Waals surface area contributed by atoms with E-state index in [1.807, 2.05) is 23.1 Å². The van der Waals surface area contributed by atoms with Crippen molar-refractivity contribution < 1.29 is 4.79 Å². The summed E-state index contributed by atoms with van der Waals surface area (Å²) in [4.78, 5) is 21.6. The summed E-state index contributed by atoms with van der Waals surface area (Å²) in [5, 5.41) is 9.64. The van der Waals surface area contributed by atoms with Crippen LogP contribution in [0.3, 0.4) is 0 Å². The van der Waals surface area contributed by atoms with Gasteiger partial charge in [0.05, 0.1) is 5.56 Å². The van der Waals surface area contributed by atoms with Crippen molar-refractivity contribution in [3.8, 4) is 6.07 Å². The van der Waals surface area contributed by atoms with Crippen molar-refractivity contribution >= 4 is 23.3 Å². The van der Waals surface area contributed by atoms with Gasteiger partial charge in [-0.15, -0.1) is 0 Å². The highest BCUT2D eigenvalue weighted by atomic mass is 35.5. The molecule has 28 heavy (non-hydrogen) atoms. The number of nitriles is 1. The maximum Gasteiger partial charge on any atom is 0.225 e. The Bertz CT molecular complexity index is 867. The first-order valence-electron chi connectivity index (χ1n) is 9.79. The van der Waals surface area contributed by atoms with E-state index in [1.54, 1.807) is 12.3 Å². The molecule has 0 radical (unpaired) electrons. The van der Waals surface area contributed by atoms with Gasteiger partial charge in [0.25, 0.3) is 0 Å². The second-order valence-electron chi connectivity index (χ2n) is 7.60. The lowest BCUT2D eigenvalue weighted by Crippen LogP contribution is -2.42. The van der Waals surface area contributed by atoms with Crippen LogP contribution in [0.15, 0.2) is 42.6 Å². The van der Waals surface area contributed by atoms with Crippen molar-refractivity contribution in [1.29, 1.82) is 5.26 Å². The van der Waals surface area contributed by atoms with Gasteiger partial charge in [-0.25, -0.2) is 4.98 Å². The van der Waals surface area contributed by atoms with Crippen LogP contribution in [-0.2, 0) is 4.79 Å². The largest absolute Gasteiger partial charge is 0.357 e. The minimum absolute atomic E-state index is 0.0959. The van der Waals surface area contributed by atoms with Crippen LogP contribution in [0.2, 0.25) is 5.02 Å². The molecule has 1 atom stereocenters. The van der Waals surface area contributed by atoms with E-state index in [1.165, 1.54) is 5.56 Å². The van der Waals surface area contributed by atoms with Gasteiger partial charge in [0.2, 0.25) is 5.91 Å². The molecule has 2 aromatic rings. The Hall–Kier alpha value is -2.58. The van der Waals surface area contributed by atoms with Crippen molar-refractivity contribution in [3.05, 3.63) is 58.7 Å². The molecule has 3 heterocycles. The van der Waals surface area contributed by atoms with Gasteiger partial charge in [-0.1, -0.05) is 23.7 Å². The van der Waals surface area contributed by atoms with Crippen LogP contribution >= 0.6 is 11.6 Å². The molecule has 1 amide bonds. The third kappa shape index (κ3) is 3.98. The van der Waals surface area contributed by atoms with Gasteiger partial charge in [-0.3, -0.25) is 4.79 Å². The predicted octanol–water partition coefficient (Wildman–Crippen LogP) is 3.84. The third-order valence-corrected chi connectivity index (χ3v) is 6.14. The predicted molar refractivity (Wildman–Crippen MR) is 109 cm³/mol. The number of piperidine rings is 1. The molecule has 1 aromatic heterocycles. The Labute approximate surface area is 170 Å². The highest BCUT2D eigenvalue weighted by Gasteiger charge is 2.33. The molecule has 0 spiro atoms. The van der Waals surface area contributed by atoms with Gasteiger partial charge in [0, 0.05) is 49.2 Å². The zero-order valence-corrected chi connectivity index (χ0v) is 16.5. The molecule has 2 aliphatic heterocycles. The van der Waals surface area contributed by atoms with Gasteiger partial charge in [-0.05, 0) is 49.1 Å². The number of anilines is 1. The number of benzene rings is 1. The number of likely N-dealkylation sites (tertiary alicyclic amines) is 1. The molecule has 0 N–H and O–H groups in total. The van der Waals surface area contributed by atoms with Crippen LogP contribution in [0.1, 0.15) is 36.3 Å². The van der Waals surface area contributed by atoms with Crippen molar-refractivity contribution in [3.63, 3.8) is 0 Å². The summed E-state index contributed by atoms with van der Waals surface area (Å²) in [5.74, 6) is 1.68. The van der Waals surface area contributed by atoms with Gasteiger partial charge in [0.1, 0.15) is 11.9 Å². The van der Waals surface area contributed by atoms with E-state index >= 15 is 0 Å². The standard InChI is InChI=1S/C22H23ClN4O/c23-20-4-2-17(3-5-20)19-9-12-27(15-19)22(28)18-7-10-26(11-8-18)21-6-1-16(13-24)14-25-21/h1-6,14,18-19H,7-12,15H2. The Morgan fingerprint density at radius 2 is 1.82 bits per heavy atom. The van der Waals surface area contributed by atoms with E-state index < -0.39 is 0 Å². The summed E-state index contributed by atoms with van der Waals surface area (Å²) in [7, 11) is 0. The fourth-order valence-corrected chi connectivity index (χ4v) is 4.35. The third-order valence-electron chi connectivity index (χ3n) is 5.89. The fourth-order valence-electron chi connectivity index (χ4n) is 4.22. The highest BCUT2D eigenvalue weighted by Crippen LogP contribution is 2.31. The van der Waals surface area contributed by atoms with Crippen LogP contribution in [-0.4, -0.2) is 42.0 Å². The Balaban J connectivity index is 1.31. The molecule has 0 saturated carbocycles. The smallest absolute Gasteiger partial charge is 0.225 e. The number of rotatable bonds is 3. The number of nitrogens with zero attached hydrogens (tertiary/aromatic N) is 4. The summed E-state index contributed by atoms with van der Waals surface area (Å²) in [6, 6.07) is 13.8. The fraction of sp³-hybridized carbons (Fsp3) is 0.409.